The molecule has 3 nitrogen and oxygen atoms in total. The largest absolute Gasteiger partial charge is 0.493 e. The average Bonchev–Trinajstić information content (AvgIpc) is 2.34. The quantitative estimate of drug-likeness (QED) is 0.524. The van der Waals surface area contributed by atoms with Crippen molar-refractivity contribution >= 4 is 0 Å². The lowest BCUT2D eigenvalue weighted by molar-refractivity contribution is 0.166. The number of hydrogen-bond acceptors (Lipinski definition) is 3. The van der Waals surface area contributed by atoms with Crippen LogP contribution in [-0.2, 0) is 11.2 Å². The maximum absolute atomic E-state index is 5.33. The van der Waals surface area contributed by atoms with Crippen LogP contribution in [0, 0.1) is 0 Å². The first-order valence-corrected chi connectivity index (χ1v) is 5.21. The molecule has 3 heteroatoms. The summed E-state index contributed by atoms with van der Waals surface area (Å²) < 4.78 is 15.7. The van der Waals surface area contributed by atoms with Gasteiger partial charge < -0.3 is 14.2 Å². The molecule has 0 N–H and O–H groups in total. The van der Waals surface area contributed by atoms with Crippen molar-refractivity contribution in [2.45, 2.75) is 6.42 Å². The van der Waals surface area contributed by atoms with Gasteiger partial charge in [-0.05, 0) is 24.1 Å². The molecule has 1 rings (SSSR count). The van der Waals surface area contributed by atoms with Crippen LogP contribution in [0.25, 0.3) is 0 Å². The van der Waals surface area contributed by atoms with E-state index >= 15 is 0 Å². The smallest absolute Gasteiger partial charge is 0.160 e. The van der Waals surface area contributed by atoms with E-state index in [9.17, 15) is 0 Å². The number of methoxy groups -OCH3 is 2. The van der Waals surface area contributed by atoms with Crippen molar-refractivity contribution in [3.63, 3.8) is 0 Å². The second-order valence-corrected chi connectivity index (χ2v) is 3.30. The van der Waals surface area contributed by atoms with Crippen LogP contribution in [0.2, 0.25) is 0 Å². The fraction of sp³-hybridized carbons (Fsp3) is 0.385. The Balaban J connectivity index is 2.57. The minimum absolute atomic E-state index is 0.591. The van der Waals surface area contributed by atoms with E-state index in [1.807, 2.05) is 18.2 Å². The molecule has 0 aliphatic heterocycles. The molecule has 16 heavy (non-hydrogen) atoms. The highest BCUT2D eigenvalue weighted by Crippen LogP contribution is 2.27. The average molecular weight is 222 g/mol. The number of benzene rings is 1. The second-order valence-electron chi connectivity index (χ2n) is 3.30. The topological polar surface area (TPSA) is 27.7 Å². The summed E-state index contributed by atoms with van der Waals surface area (Å²) in [5, 5.41) is 0. The van der Waals surface area contributed by atoms with Gasteiger partial charge in [0.2, 0.25) is 0 Å². The number of rotatable bonds is 7. The molecule has 0 aliphatic carbocycles. The third kappa shape index (κ3) is 3.59. The van der Waals surface area contributed by atoms with Gasteiger partial charge in [0.05, 0.1) is 27.4 Å². The van der Waals surface area contributed by atoms with Crippen molar-refractivity contribution in [2.24, 2.45) is 0 Å². The Morgan fingerprint density at radius 3 is 2.56 bits per heavy atom. The minimum Gasteiger partial charge on any atom is -0.493 e. The van der Waals surface area contributed by atoms with E-state index in [1.165, 1.54) is 5.56 Å². The molecule has 1 aromatic carbocycles. The van der Waals surface area contributed by atoms with Crippen molar-refractivity contribution < 1.29 is 14.2 Å². The van der Waals surface area contributed by atoms with E-state index in [-0.39, 0.29) is 0 Å². The lowest BCUT2D eigenvalue weighted by Crippen LogP contribution is -1.99. The van der Waals surface area contributed by atoms with Gasteiger partial charge in [-0.2, -0.15) is 0 Å². The second kappa shape index (κ2) is 6.90. The zero-order valence-corrected chi connectivity index (χ0v) is 9.86. The van der Waals surface area contributed by atoms with E-state index < -0.39 is 0 Å². The van der Waals surface area contributed by atoms with Gasteiger partial charge in [0.25, 0.3) is 0 Å². The zero-order valence-electron chi connectivity index (χ0n) is 9.86. The molecule has 88 valence electrons. The molecule has 0 bridgehead atoms. The molecule has 0 unspecified atom stereocenters. The first-order valence-electron chi connectivity index (χ1n) is 5.21. The molecule has 0 radical (unpaired) electrons. The van der Waals surface area contributed by atoms with Crippen molar-refractivity contribution in [1.29, 1.82) is 0 Å². The van der Waals surface area contributed by atoms with Gasteiger partial charge >= 0.3 is 0 Å². The molecule has 0 saturated carbocycles. The summed E-state index contributed by atoms with van der Waals surface area (Å²) in [6.07, 6.45) is 2.60. The Hall–Kier alpha value is -1.48. The summed E-state index contributed by atoms with van der Waals surface area (Å²) in [5.41, 5.74) is 1.17. The van der Waals surface area contributed by atoms with Gasteiger partial charge in [0.15, 0.2) is 11.5 Å². The molecule has 0 amide bonds. The lowest BCUT2D eigenvalue weighted by atomic mass is 10.1. The van der Waals surface area contributed by atoms with Gasteiger partial charge in [-0.1, -0.05) is 12.1 Å². The molecule has 0 fully saturated rings. The van der Waals surface area contributed by atoms with Crippen LogP contribution in [0.5, 0.6) is 11.5 Å². The summed E-state index contributed by atoms with van der Waals surface area (Å²) in [4.78, 5) is 0. The van der Waals surface area contributed by atoms with Crippen LogP contribution < -0.4 is 9.47 Å². The van der Waals surface area contributed by atoms with Crippen LogP contribution in [-0.4, -0.2) is 27.4 Å². The first-order chi connectivity index (χ1) is 7.81. The van der Waals surface area contributed by atoms with Crippen LogP contribution in [0.4, 0.5) is 0 Å². The molecule has 1 aromatic rings. The van der Waals surface area contributed by atoms with E-state index in [1.54, 1.807) is 20.3 Å². The van der Waals surface area contributed by atoms with E-state index in [0.29, 0.717) is 13.2 Å². The van der Waals surface area contributed by atoms with Crippen molar-refractivity contribution in [2.75, 3.05) is 27.4 Å². The van der Waals surface area contributed by atoms with E-state index in [4.69, 9.17) is 14.2 Å². The maximum Gasteiger partial charge on any atom is 0.160 e. The van der Waals surface area contributed by atoms with Crippen molar-refractivity contribution in [3.05, 3.63) is 36.4 Å². The predicted octanol–water partition coefficient (Wildman–Crippen LogP) is 2.45. The molecule has 0 heterocycles. The summed E-state index contributed by atoms with van der Waals surface area (Å²) in [7, 11) is 3.26. The highest BCUT2D eigenvalue weighted by atomic mass is 16.5. The SMILES string of the molecule is C=CCOCCc1ccc(OC)c(OC)c1. The van der Waals surface area contributed by atoms with E-state index in [2.05, 4.69) is 6.58 Å². The highest BCUT2D eigenvalue weighted by molar-refractivity contribution is 5.42. The fourth-order valence-electron chi connectivity index (χ4n) is 1.39. The molecular formula is C13H18O3. The molecule has 0 saturated heterocycles. The van der Waals surface area contributed by atoms with Crippen molar-refractivity contribution in [3.8, 4) is 11.5 Å². The Bertz CT molecular complexity index is 334. The Kier molecular flexibility index (Phi) is 5.43. The number of ether oxygens (including phenoxy) is 3. The molecule has 0 aliphatic rings. The zero-order chi connectivity index (χ0) is 11.8. The van der Waals surface area contributed by atoms with Gasteiger partial charge in [-0.25, -0.2) is 0 Å². The standard InChI is InChI=1S/C13H18O3/c1-4-8-16-9-7-11-5-6-12(14-2)13(10-11)15-3/h4-6,10H,1,7-9H2,2-3H3. The third-order valence-electron chi connectivity index (χ3n) is 2.22. The normalized spacial score (nSPS) is 9.88. The fourth-order valence-corrected chi connectivity index (χ4v) is 1.39. The predicted molar refractivity (Wildman–Crippen MR) is 64.3 cm³/mol. The molecule has 0 atom stereocenters. The van der Waals surface area contributed by atoms with Gasteiger partial charge in [-0.3, -0.25) is 0 Å². The lowest BCUT2D eigenvalue weighted by Gasteiger charge is -2.09. The molecule has 0 aromatic heterocycles. The van der Waals surface area contributed by atoms with Crippen molar-refractivity contribution in [1.82, 2.24) is 0 Å². The monoisotopic (exact) mass is 222 g/mol. The summed E-state index contributed by atoms with van der Waals surface area (Å²) >= 11 is 0. The Morgan fingerprint density at radius 2 is 1.94 bits per heavy atom. The summed E-state index contributed by atoms with van der Waals surface area (Å²) in [6.45, 7) is 4.87. The minimum atomic E-state index is 0.591. The van der Waals surface area contributed by atoms with Crippen LogP contribution >= 0.6 is 0 Å². The summed E-state index contributed by atoms with van der Waals surface area (Å²) in [5.74, 6) is 1.50. The van der Waals surface area contributed by atoms with Gasteiger partial charge in [0, 0.05) is 0 Å². The Morgan fingerprint density at radius 1 is 1.19 bits per heavy atom. The molecule has 0 spiro atoms. The number of hydrogen-bond donors (Lipinski definition) is 0. The highest BCUT2D eigenvalue weighted by Gasteiger charge is 2.03. The Labute approximate surface area is 96.6 Å². The molecular weight excluding hydrogens is 204 g/mol. The van der Waals surface area contributed by atoms with Crippen LogP contribution in [0.15, 0.2) is 30.9 Å². The van der Waals surface area contributed by atoms with Gasteiger partial charge in [-0.15, -0.1) is 6.58 Å². The first kappa shape index (κ1) is 12.6. The van der Waals surface area contributed by atoms with Crippen LogP contribution in [0.3, 0.4) is 0 Å². The van der Waals surface area contributed by atoms with Crippen LogP contribution in [0.1, 0.15) is 5.56 Å². The third-order valence-corrected chi connectivity index (χ3v) is 2.22. The van der Waals surface area contributed by atoms with Gasteiger partial charge in [0.1, 0.15) is 0 Å². The summed E-state index contributed by atoms with van der Waals surface area (Å²) in [6, 6.07) is 5.89. The van der Waals surface area contributed by atoms with E-state index in [0.717, 1.165) is 17.9 Å². The maximum atomic E-state index is 5.33.